The fourth-order valence-corrected chi connectivity index (χ4v) is 0.483. The number of aromatic nitrogens is 4. The van der Waals surface area contributed by atoms with Gasteiger partial charge >= 0.3 is 0 Å². The van der Waals surface area contributed by atoms with Crippen LogP contribution < -0.4 is 5.84 Å². The Bertz CT molecular complexity index is 189. The highest BCUT2D eigenvalue weighted by molar-refractivity contribution is 4.40. The van der Waals surface area contributed by atoms with Gasteiger partial charge in [0.05, 0.1) is 13.1 Å². The molecule has 1 aromatic heterocycles. The zero-order chi connectivity index (χ0) is 7.23. The number of nitrogens with two attached hydrogens (primary N) is 1. The minimum atomic E-state index is 0.479. The summed E-state index contributed by atoms with van der Waals surface area (Å²) in [6.07, 6.45) is 1.36. The summed E-state index contributed by atoms with van der Waals surface area (Å²) >= 11 is 0. The van der Waals surface area contributed by atoms with E-state index < -0.39 is 0 Å². The van der Waals surface area contributed by atoms with Gasteiger partial charge in [0.15, 0.2) is 6.33 Å². The van der Waals surface area contributed by atoms with Gasteiger partial charge in [-0.2, -0.15) is 9.91 Å². The average Bonchev–Trinajstić information content (AvgIpc) is 2.41. The first-order valence-corrected chi connectivity index (χ1v) is 2.71. The largest absolute Gasteiger partial charge is 0.305 e. The molecular formula is C3H7N7. The van der Waals surface area contributed by atoms with Gasteiger partial charge in [0.1, 0.15) is 0 Å². The molecule has 54 valence electrons. The quantitative estimate of drug-likeness (QED) is 0.332. The van der Waals surface area contributed by atoms with Crippen LogP contribution in [0.25, 0.3) is 0 Å². The van der Waals surface area contributed by atoms with Gasteiger partial charge in [0.25, 0.3) is 0 Å². The predicted molar refractivity (Wildman–Crippen MR) is 31.7 cm³/mol. The normalized spacial score (nSPS) is 10.8. The van der Waals surface area contributed by atoms with E-state index in [1.165, 1.54) is 11.1 Å². The second-order valence-corrected chi connectivity index (χ2v) is 1.51. The van der Waals surface area contributed by atoms with E-state index in [2.05, 4.69) is 25.7 Å². The monoisotopic (exact) mass is 141 g/mol. The van der Waals surface area contributed by atoms with Crippen molar-refractivity contribution in [2.45, 2.75) is 6.54 Å². The summed E-state index contributed by atoms with van der Waals surface area (Å²) in [5, 5.41) is 17.4. The lowest BCUT2D eigenvalue weighted by molar-refractivity contribution is 0.524. The van der Waals surface area contributed by atoms with Crippen molar-refractivity contribution in [3.8, 4) is 0 Å². The van der Waals surface area contributed by atoms with E-state index >= 15 is 0 Å². The summed E-state index contributed by atoms with van der Waals surface area (Å²) in [7, 11) is 0. The Morgan fingerprint density at radius 2 is 2.50 bits per heavy atom. The Kier molecular flexibility index (Phi) is 2.30. The Morgan fingerprint density at radius 3 is 3.10 bits per heavy atom. The van der Waals surface area contributed by atoms with Crippen LogP contribution in [0.2, 0.25) is 0 Å². The lowest BCUT2D eigenvalue weighted by Gasteiger charge is -1.89. The van der Waals surface area contributed by atoms with Crippen LogP contribution in [0.3, 0.4) is 0 Å². The van der Waals surface area contributed by atoms with Gasteiger partial charge < -0.3 is 5.84 Å². The van der Waals surface area contributed by atoms with Crippen molar-refractivity contribution in [3.63, 3.8) is 0 Å². The first-order chi connectivity index (χ1) is 4.93. The van der Waals surface area contributed by atoms with Crippen LogP contribution in [-0.4, -0.2) is 26.8 Å². The van der Waals surface area contributed by atoms with Gasteiger partial charge in [-0.3, -0.25) is 0 Å². The Balaban J connectivity index is 2.28. The third-order valence-corrected chi connectivity index (χ3v) is 0.873. The van der Waals surface area contributed by atoms with E-state index in [0.29, 0.717) is 13.1 Å². The molecule has 0 atom stereocenters. The van der Waals surface area contributed by atoms with Gasteiger partial charge in [-0.25, -0.2) is 0 Å². The minimum absolute atomic E-state index is 0.479. The molecule has 0 spiro atoms. The second kappa shape index (κ2) is 3.49. The molecule has 7 heteroatoms. The second-order valence-electron chi connectivity index (χ2n) is 1.51. The van der Waals surface area contributed by atoms with E-state index in [1.807, 2.05) is 0 Å². The Labute approximate surface area is 56.9 Å². The van der Waals surface area contributed by atoms with Crippen LogP contribution in [0.4, 0.5) is 0 Å². The van der Waals surface area contributed by atoms with Gasteiger partial charge in [-0.1, -0.05) is 5.22 Å². The predicted octanol–water partition coefficient (Wildman–Crippen LogP) is -1.00. The van der Waals surface area contributed by atoms with Crippen LogP contribution >= 0.6 is 0 Å². The SMILES string of the molecule is NN=NCCn1ncnn1. The van der Waals surface area contributed by atoms with Crippen LogP contribution in [0.15, 0.2) is 16.7 Å². The van der Waals surface area contributed by atoms with E-state index in [1.54, 1.807) is 0 Å². The van der Waals surface area contributed by atoms with Crippen molar-refractivity contribution >= 4 is 0 Å². The van der Waals surface area contributed by atoms with E-state index in [4.69, 9.17) is 5.84 Å². The average molecular weight is 141 g/mol. The minimum Gasteiger partial charge on any atom is -0.305 e. The first-order valence-electron chi connectivity index (χ1n) is 2.71. The third-order valence-electron chi connectivity index (χ3n) is 0.873. The van der Waals surface area contributed by atoms with Crippen molar-refractivity contribution < 1.29 is 0 Å². The van der Waals surface area contributed by atoms with Gasteiger partial charge in [0.2, 0.25) is 0 Å². The van der Waals surface area contributed by atoms with Crippen LogP contribution in [-0.2, 0) is 6.54 Å². The molecule has 0 fully saturated rings. The number of hydrogen-bond donors (Lipinski definition) is 1. The smallest absolute Gasteiger partial charge is 0.162 e. The maximum absolute atomic E-state index is 4.76. The molecule has 0 aliphatic heterocycles. The molecule has 0 aliphatic rings. The van der Waals surface area contributed by atoms with Crippen molar-refractivity contribution in [1.29, 1.82) is 0 Å². The maximum atomic E-state index is 4.76. The van der Waals surface area contributed by atoms with Crippen molar-refractivity contribution in [2.75, 3.05) is 6.54 Å². The summed E-state index contributed by atoms with van der Waals surface area (Å²) in [5.41, 5.74) is 0. The Hall–Kier alpha value is -1.53. The van der Waals surface area contributed by atoms with Gasteiger partial charge in [-0.15, -0.1) is 10.2 Å². The number of rotatable bonds is 3. The molecule has 10 heavy (non-hydrogen) atoms. The molecule has 0 saturated heterocycles. The number of nitrogens with zero attached hydrogens (tertiary/aromatic N) is 6. The van der Waals surface area contributed by atoms with Crippen LogP contribution in [0, 0.1) is 0 Å². The molecule has 1 aromatic rings. The van der Waals surface area contributed by atoms with E-state index in [0.717, 1.165) is 0 Å². The molecule has 7 nitrogen and oxygen atoms in total. The van der Waals surface area contributed by atoms with Crippen molar-refractivity contribution in [2.24, 2.45) is 16.2 Å². The van der Waals surface area contributed by atoms with Gasteiger partial charge in [-0.05, 0) is 5.21 Å². The molecule has 0 bridgehead atoms. The summed E-state index contributed by atoms with van der Waals surface area (Å²) in [4.78, 5) is 1.41. The molecule has 0 saturated carbocycles. The zero-order valence-electron chi connectivity index (χ0n) is 5.25. The highest BCUT2D eigenvalue weighted by Crippen LogP contribution is 1.76. The van der Waals surface area contributed by atoms with E-state index in [-0.39, 0.29) is 0 Å². The highest BCUT2D eigenvalue weighted by Gasteiger charge is 1.88. The third kappa shape index (κ3) is 1.77. The molecule has 1 heterocycles. The first kappa shape index (κ1) is 6.59. The lowest BCUT2D eigenvalue weighted by Crippen LogP contribution is -2.04. The molecule has 0 aliphatic carbocycles. The number of tetrazole rings is 1. The zero-order valence-corrected chi connectivity index (χ0v) is 5.25. The Morgan fingerprint density at radius 1 is 1.60 bits per heavy atom. The highest BCUT2D eigenvalue weighted by atomic mass is 15.6. The fraction of sp³-hybridized carbons (Fsp3) is 0.667. The lowest BCUT2D eigenvalue weighted by atomic mass is 10.7. The standard InChI is InChI=1S/C3H7N7/c4-8-5-1-2-10-7-3-6-9-10/h3H,1-2H2,(H2,4,5). The maximum Gasteiger partial charge on any atom is 0.162 e. The molecule has 1 rings (SSSR count). The fourth-order valence-electron chi connectivity index (χ4n) is 0.483. The van der Waals surface area contributed by atoms with E-state index in [9.17, 15) is 0 Å². The summed E-state index contributed by atoms with van der Waals surface area (Å²) in [5.74, 6) is 4.76. The molecule has 0 radical (unpaired) electrons. The van der Waals surface area contributed by atoms with Gasteiger partial charge in [0, 0.05) is 0 Å². The molecule has 0 aromatic carbocycles. The summed E-state index contributed by atoms with van der Waals surface area (Å²) in [6, 6.07) is 0. The van der Waals surface area contributed by atoms with Crippen LogP contribution in [0.5, 0.6) is 0 Å². The topological polar surface area (TPSA) is 94.3 Å². The van der Waals surface area contributed by atoms with Crippen LogP contribution in [0.1, 0.15) is 0 Å². The molecule has 0 unspecified atom stereocenters. The molecular weight excluding hydrogens is 134 g/mol. The summed E-state index contributed by atoms with van der Waals surface area (Å²) < 4.78 is 0. The molecule has 2 N–H and O–H groups in total. The number of hydrogen-bond acceptors (Lipinski definition) is 5. The summed E-state index contributed by atoms with van der Waals surface area (Å²) in [6.45, 7) is 1.04. The van der Waals surface area contributed by atoms with Crippen molar-refractivity contribution in [1.82, 2.24) is 20.2 Å². The molecule has 0 amide bonds. The van der Waals surface area contributed by atoms with Crippen molar-refractivity contribution in [3.05, 3.63) is 6.33 Å².